The van der Waals surface area contributed by atoms with Crippen LogP contribution in [0.5, 0.6) is 0 Å². The van der Waals surface area contributed by atoms with Crippen molar-refractivity contribution in [3.8, 4) is 0 Å². The molecule has 1 aromatic rings. The summed E-state index contributed by atoms with van der Waals surface area (Å²) >= 11 is 0. The molecule has 0 radical (unpaired) electrons. The van der Waals surface area contributed by atoms with Gasteiger partial charge in [0.05, 0.1) is 12.9 Å². The summed E-state index contributed by atoms with van der Waals surface area (Å²) in [7, 11) is -1.84. The lowest BCUT2D eigenvalue weighted by molar-refractivity contribution is -0.116. The Balaban J connectivity index is 2.47. The Hall–Kier alpha value is -1.13. The molecule has 3 nitrogen and oxygen atoms in total. The highest BCUT2D eigenvalue weighted by molar-refractivity contribution is 6.74. The molecule has 1 rings (SSSR count). The molecule has 0 atom stereocenters. The molecule has 0 fully saturated rings. The average Bonchev–Trinajstić information content (AvgIpc) is 2.74. The van der Waals surface area contributed by atoms with Crippen molar-refractivity contribution in [2.45, 2.75) is 38.9 Å². The van der Waals surface area contributed by atoms with Crippen LogP contribution < -0.4 is 0 Å². The molecule has 0 aliphatic carbocycles. The summed E-state index contributed by atoms with van der Waals surface area (Å²) in [5.41, 5.74) is 0. The van der Waals surface area contributed by atoms with E-state index in [0.717, 1.165) is 0 Å². The summed E-state index contributed by atoms with van der Waals surface area (Å²) in [6.07, 6.45) is 4.75. The van der Waals surface area contributed by atoms with Crippen LogP contribution in [0.25, 0.3) is 6.08 Å². The van der Waals surface area contributed by atoms with Crippen molar-refractivity contribution < 1.29 is 13.6 Å². The van der Waals surface area contributed by atoms with Gasteiger partial charge in [0, 0.05) is 0 Å². The smallest absolute Gasteiger partial charge is 0.192 e. The van der Waals surface area contributed by atoms with Gasteiger partial charge in [-0.2, -0.15) is 0 Å². The minimum atomic E-state index is -1.84. The molecule has 0 amide bonds. The average molecular weight is 266 g/mol. The van der Waals surface area contributed by atoms with Gasteiger partial charge in [0.15, 0.2) is 14.1 Å². The summed E-state index contributed by atoms with van der Waals surface area (Å²) in [4.78, 5) is 11.7. The van der Waals surface area contributed by atoms with Gasteiger partial charge in [0.2, 0.25) is 0 Å². The minimum Gasteiger partial charge on any atom is -0.465 e. The highest BCUT2D eigenvalue weighted by atomic mass is 28.4. The summed E-state index contributed by atoms with van der Waals surface area (Å²) in [6, 6.07) is 3.59. The number of carbonyl (C=O) groups excluding carboxylic acids is 1. The number of rotatable bonds is 5. The van der Waals surface area contributed by atoms with Gasteiger partial charge in [0.1, 0.15) is 5.76 Å². The zero-order chi connectivity index (χ0) is 13.8. The minimum absolute atomic E-state index is 0.0313. The van der Waals surface area contributed by atoms with Gasteiger partial charge in [-0.15, -0.1) is 0 Å². The fourth-order valence-electron chi connectivity index (χ4n) is 1.08. The van der Waals surface area contributed by atoms with Crippen molar-refractivity contribution in [2.24, 2.45) is 0 Å². The van der Waals surface area contributed by atoms with Crippen molar-refractivity contribution in [3.05, 3.63) is 30.2 Å². The molecule has 0 bridgehead atoms. The monoisotopic (exact) mass is 266 g/mol. The Morgan fingerprint density at radius 1 is 1.44 bits per heavy atom. The van der Waals surface area contributed by atoms with Gasteiger partial charge in [-0.1, -0.05) is 20.8 Å². The van der Waals surface area contributed by atoms with Crippen molar-refractivity contribution >= 4 is 20.2 Å². The molecule has 0 N–H and O–H groups in total. The van der Waals surface area contributed by atoms with Crippen molar-refractivity contribution in [2.75, 3.05) is 6.61 Å². The molecular formula is C14H22O3Si. The Morgan fingerprint density at radius 2 is 2.11 bits per heavy atom. The predicted octanol–water partition coefficient (Wildman–Crippen LogP) is 3.88. The lowest BCUT2D eigenvalue weighted by atomic mass is 10.2. The maximum Gasteiger partial charge on any atom is 0.192 e. The van der Waals surface area contributed by atoms with Gasteiger partial charge in [-0.3, -0.25) is 4.79 Å². The molecule has 0 aliphatic heterocycles. The van der Waals surface area contributed by atoms with Crippen molar-refractivity contribution in [1.82, 2.24) is 0 Å². The van der Waals surface area contributed by atoms with Gasteiger partial charge in [0.25, 0.3) is 0 Å². The van der Waals surface area contributed by atoms with Crippen molar-refractivity contribution in [1.29, 1.82) is 0 Å². The molecule has 100 valence electrons. The summed E-state index contributed by atoms with van der Waals surface area (Å²) in [5, 5.41) is 0.123. The van der Waals surface area contributed by atoms with Gasteiger partial charge < -0.3 is 8.84 Å². The second kappa shape index (κ2) is 5.67. The molecule has 18 heavy (non-hydrogen) atoms. The van der Waals surface area contributed by atoms with Crippen LogP contribution >= 0.6 is 0 Å². The fourth-order valence-corrected chi connectivity index (χ4v) is 2.01. The third-order valence-corrected chi connectivity index (χ3v) is 7.84. The molecule has 0 saturated carbocycles. The normalized spacial score (nSPS) is 13.2. The number of carbonyl (C=O) groups is 1. The van der Waals surface area contributed by atoms with Crippen LogP contribution in [-0.2, 0) is 9.22 Å². The lowest BCUT2D eigenvalue weighted by Crippen LogP contribution is -2.41. The van der Waals surface area contributed by atoms with Crippen LogP contribution in [0.15, 0.2) is 28.9 Å². The third kappa shape index (κ3) is 4.27. The molecule has 1 heterocycles. The van der Waals surface area contributed by atoms with Crippen LogP contribution in [0.1, 0.15) is 26.5 Å². The molecule has 0 spiro atoms. The highest BCUT2D eigenvalue weighted by Crippen LogP contribution is 2.36. The van der Waals surface area contributed by atoms with E-state index in [1.807, 2.05) is 0 Å². The van der Waals surface area contributed by atoms with E-state index in [-0.39, 0.29) is 17.4 Å². The Morgan fingerprint density at radius 3 is 2.61 bits per heavy atom. The summed E-state index contributed by atoms with van der Waals surface area (Å²) in [5.74, 6) is 0.645. The van der Waals surface area contributed by atoms with Gasteiger partial charge in [-0.25, -0.2) is 0 Å². The topological polar surface area (TPSA) is 39.4 Å². The number of furan rings is 1. The number of ketones is 1. The first-order valence-electron chi connectivity index (χ1n) is 6.11. The molecule has 4 heteroatoms. The van der Waals surface area contributed by atoms with E-state index < -0.39 is 8.32 Å². The molecule has 0 saturated heterocycles. The molecule has 0 aromatic carbocycles. The zero-order valence-electron chi connectivity index (χ0n) is 11.8. The van der Waals surface area contributed by atoms with E-state index >= 15 is 0 Å². The Bertz CT molecular complexity index is 411. The van der Waals surface area contributed by atoms with Gasteiger partial charge >= 0.3 is 0 Å². The van der Waals surface area contributed by atoms with E-state index in [2.05, 4.69) is 33.9 Å². The zero-order valence-corrected chi connectivity index (χ0v) is 12.8. The van der Waals surface area contributed by atoms with E-state index in [4.69, 9.17) is 8.84 Å². The molecular weight excluding hydrogens is 244 g/mol. The molecule has 0 unspecified atom stereocenters. The van der Waals surface area contributed by atoms with Crippen LogP contribution in [0.4, 0.5) is 0 Å². The van der Waals surface area contributed by atoms with Crippen LogP contribution in [0, 0.1) is 0 Å². The van der Waals surface area contributed by atoms with Crippen LogP contribution in [-0.4, -0.2) is 20.7 Å². The van der Waals surface area contributed by atoms with Crippen LogP contribution in [0.2, 0.25) is 18.1 Å². The molecule has 0 aliphatic rings. The van der Waals surface area contributed by atoms with E-state index in [1.54, 1.807) is 24.5 Å². The highest BCUT2D eigenvalue weighted by Gasteiger charge is 2.37. The molecule has 1 aromatic heterocycles. The standard InChI is InChI=1S/C14H22O3Si/c1-14(2,3)18(4,5)17-11-12(15)8-9-13-7-6-10-16-13/h6-10H,11H2,1-5H3/b9-8+. The van der Waals surface area contributed by atoms with E-state index in [9.17, 15) is 4.79 Å². The quantitative estimate of drug-likeness (QED) is 0.599. The number of hydrogen-bond acceptors (Lipinski definition) is 3. The van der Waals surface area contributed by atoms with E-state index in [0.29, 0.717) is 5.76 Å². The predicted molar refractivity (Wildman–Crippen MR) is 75.9 cm³/mol. The second-order valence-electron chi connectivity index (χ2n) is 5.86. The largest absolute Gasteiger partial charge is 0.465 e. The van der Waals surface area contributed by atoms with Crippen molar-refractivity contribution in [3.63, 3.8) is 0 Å². The van der Waals surface area contributed by atoms with Crippen LogP contribution in [0.3, 0.4) is 0 Å². The maximum absolute atomic E-state index is 11.7. The maximum atomic E-state index is 11.7. The fraction of sp³-hybridized carbons (Fsp3) is 0.500. The first kappa shape index (κ1) is 14.9. The Kier molecular flexibility index (Phi) is 4.70. The third-order valence-electron chi connectivity index (χ3n) is 3.36. The second-order valence-corrected chi connectivity index (χ2v) is 10.7. The Labute approximate surface area is 110 Å². The summed E-state index contributed by atoms with van der Waals surface area (Å²) < 4.78 is 10.9. The van der Waals surface area contributed by atoms with E-state index in [1.165, 1.54) is 6.08 Å². The van der Waals surface area contributed by atoms with Gasteiger partial charge in [-0.05, 0) is 42.4 Å². The summed E-state index contributed by atoms with van der Waals surface area (Å²) in [6.45, 7) is 10.9. The lowest BCUT2D eigenvalue weighted by Gasteiger charge is -2.35. The first-order chi connectivity index (χ1) is 8.22. The first-order valence-corrected chi connectivity index (χ1v) is 9.01. The SMILES string of the molecule is CC(C)(C)[Si](C)(C)OCC(=O)/C=C/c1ccco1. The number of hydrogen-bond donors (Lipinski definition) is 0.